The summed E-state index contributed by atoms with van der Waals surface area (Å²) in [4.78, 5) is 29.5. The average Bonchev–Trinajstić information content (AvgIpc) is 3.23. The van der Waals surface area contributed by atoms with Crippen molar-refractivity contribution in [1.29, 1.82) is 0 Å². The first-order chi connectivity index (χ1) is 15.6. The third-order valence-electron chi connectivity index (χ3n) is 4.42. The van der Waals surface area contributed by atoms with E-state index in [-0.39, 0.29) is 33.3 Å². The van der Waals surface area contributed by atoms with Gasteiger partial charge in [-0.25, -0.2) is 13.8 Å². The molecule has 0 aliphatic carbocycles. The fourth-order valence-electron chi connectivity index (χ4n) is 2.92. The fraction of sp³-hybridized carbons (Fsp3) is 0.100. The van der Waals surface area contributed by atoms with Gasteiger partial charge in [-0.05, 0) is 30.3 Å². The molecule has 0 bridgehead atoms. The van der Waals surface area contributed by atoms with Gasteiger partial charge in [0.05, 0.1) is 23.2 Å². The highest BCUT2D eigenvalue weighted by atomic mass is 32.2. The van der Waals surface area contributed by atoms with E-state index >= 15 is 0 Å². The number of alkyl halides is 3. The van der Waals surface area contributed by atoms with Gasteiger partial charge in [-0.3, -0.25) is 19.3 Å². The number of aromatic nitrogens is 4. The van der Waals surface area contributed by atoms with Crippen molar-refractivity contribution in [2.45, 2.75) is 11.3 Å². The van der Waals surface area contributed by atoms with Gasteiger partial charge in [0.2, 0.25) is 5.91 Å². The molecule has 0 saturated carbocycles. The van der Waals surface area contributed by atoms with Crippen LogP contribution in [0.1, 0.15) is 5.56 Å². The molecule has 4 rings (SSSR count). The van der Waals surface area contributed by atoms with E-state index in [1.807, 2.05) is 0 Å². The van der Waals surface area contributed by atoms with Crippen molar-refractivity contribution in [3.05, 3.63) is 76.2 Å². The molecular weight excluding hydrogens is 469 g/mol. The fourth-order valence-corrected chi connectivity index (χ4v) is 3.73. The van der Waals surface area contributed by atoms with E-state index in [0.717, 1.165) is 52.7 Å². The molecule has 170 valence electrons. The Labute approximate surface area is 185 Å². The van der Waals surface area contributed by atoms with E-state index < -0.39 is 34.8 Å². The van der Waals surface area contributed by atoms with Gasteiger partial charge in [-0.15, -0.1) is 0 Å². The van der Waals surface area contributed by atoms with Gasteiger partial charge in [0.15, 0.2) is 22.4 Å². The van der Waals surface area contributed by atoms with E-state index in [0.29, 0.717) is 0 Å². The lowest BCUT2D eigenvalue weighted by Crippen LogP contribution is -2.23. The number of benzene rings is 2. The van der Waals surface area contributed by atoms with Crippen molar-refractivity contribution in [2.24, 2.45) is 0 Å². The topological polar surface area (TPSA) is 92.7 Å². The Morgan fingerprint density at radius 1 is 1.12 bits per heavy atom. The summed E-state index contributed by atoms with van der Waals surface area (Å²) in [6.45, 7) is 0. The Kier molecular flexibility index (Phi) is 5.89. The number of aromatic amines is 1. The molecule has 2 N–H and O–H groups in total. The molecule has 0 radical (unpaired) electrons. The summed E-state index contributed by atoms with van der Waals surface area (Å²) in [5.74, 6) is -3.19. The quantitative estimate of drug-likeness (QED) is 0.254. The predicted octanol–water partition coefficient (Wildman–Crippen LogP) is 4.14. The number of amides is 1. The number of thioether (sulfide) groups is 1. The smallest absolute Gasteiger partial charge is 0.325 e. The molecule has 0 aliphatic rings. The lowest BCUT2D eigenvalue weighted by molar-refractivity contribution is -0.137. The molecule has 0 aliphatic heterocycles. The molecule has 1 amide bonds. The van der Waals surface area contributed by atoms with Crippen molar-refractivity contribution < 1.29 is 26.7 Å². The minimum absolute atomic E-state index is 0.00625. The molecule has 0 saturated heterocycles. The second-order valence-corrected chi connectivity index (χ2v) is 7.62. The summed E-state index contributed by atoms with van der Waals surface area (Å²) >= 11 is 0.765. The van der Waals surface area contributed by atoms with Crippen LogP contribution in [0.25, 0.3) is 16.7 Å². The molecule has 4 aromatic rings. The molecule has 0 fully saturated rings. The van der Waals surface area contributed by atoms with E-state index in [9.17, 15) is 31.5 Å². The van der Waals surface area contributed by atoms with Crippen molar-refractivity contribution in [3.8, 4) is 5.69 Å². The van der Waals surface area contributed by atoms with E-state index in [1.165, 1.54) is 12.3 Å². The molecule has 0 spiro atoms. The summed E-state index contributed by atoms with van der Waals surface area (Å²) in [6.07, 6.45) is -3.44. The van der Waals surface area contributed by atoms with Crippen molar-refractivity contribution in [1.82, 2.24) is 19.7 Å². The monoisotopic (exact) mass is 481 g/mol. The number of nitrogens with one attached hydrogen (secondary N) is 2. The van der Waals surface area contributed by atoms with Crippen molar-refractivity contribution >= 4 is 34.4 Å². The summed E-state index contributed by atoms with van der Waals surface area (Å²) in [7, 11) is 0. The van der Waals surface area contributed by atoms with Gasteiger partial charge in [0.25, 0.3) is 5.56 Å². The summed E-state index contributed by atoms with van der Waals surface area (Å²) in [5, 5.41) is 8.57. The lowest BCUT2D eigenvalue weighted by Gasteiger charge is -2.14. The third kappa shape index (κ3) is 4.72. The highest BCUT2D eigenvalue weighted by molar-refractivity contribution is 7.99. The number of H-pyrrole nitrogens is 1. The maximum atomic E-state index is 13.3. The highest BCUT2D eigenvalue weighted by Crippen LogP contribution is 2.31. The zero-order chi connectivity index (χ0) is 23.8. The summed E-state index contributed by atoms with van der Waals surface area (Å²) in [6, 6.07) is 6.90. The SMILES string of the molecule is O=C(CSc1nc2[nH]ncc2c(=O)n1-c1cccc(C(F)(F)F)c1)Nc1ccc(F)c(F)c1. The standard InChI is InChI=1S/C20H12F5N5O2S/c21-14-5-4-11(7-15(14)22)27-16(31)9-33-19-28-17-13(8-26-29-17)18(32)30(19)12-3-1-2-10(6-12)20(23,24)25/h1-8H,9H2,(H,26,29)(H,27,31). The number of carbonyl (C=O) groups excluding carboxylic acids is 1. The highest BCUT2D eigenvalue weighted by Gasteiger charge is 2.31. The van der Waals surface area contributed by atoms with Crippen LogP contribution in [0, 0.1) is 11.6 Å². The zero-order valence-corrected chi connectivity index (χ0v) is 17.1. The Morgan fingerprint density at radius 2 is 1.91 bits per heavy atom. The number of halogens is 5. The largest absolute Gasteiger partial charge is 0.416 e. The van der Waals surface area contributed by atoms with Crippen LogP contribution >= 0.6 is 11.8 Å². The van der Waals surface area contributed by atoms with Gasteiger partial charge in [0.1, 0.15) is 5.39 Å². The van der Waals surface area contributed by atoms with Gasteiger partial charge in [-0.1, -0.05) is 17.8 Å². The average molecular weight is 481 g/mol. The molecule has 0 unspecified atom stereocenters. The maximum absolute atomic E-state index is 13.3. The molecule has 0 atom stereocenters. The number of hydrogen-bond donors (Lipinski definition) is 2. The predicted molar refractivity (Wildman–Crippen MR) is 110 cm³/mol. The Morgan fingerprint density at radius 3 is 2.64 bits per heavy atom. The van der Waals surface area contributed by atoms with Gasteiger partial charge in [-0.2, -0.15) is 18.3 Å². The second kappa shape index (κ2) is 8.65. The van der Waals surface area contributed by atoms with Crippen molar-refractivity contribution in [3.63, 3.8) is 0 Å². The first-order valence-corrected chi connectivity index (χ1v) is 10.1. The van der Waals surface area contributed by atoms with Crippen LogP contribution < -0.4 is 10.9 Å². The molecule has 7 nitrogen and oxygen atoms in total. The van der Waals surface area contributed by atoms with E-state index in [1.54, 1.807) is 0 Å². The minimum atomic E-state index is -4.63. The Bertz CT molecular complexity index is 1420. The molecule has 13 heteroatoms. The normalized spacial score (nSPS) is 11.7. The number of hydrogen-bond acceptors (Lipinski definition) is 5. The third-order valence-corrected chi connectivity index (χ3v) is 5.36. The van der Waals surface area contributed by atoms with Crippen LogP contribution in [-0.2, 0) is 11.0 Å². The number of fused-ring (bicyclic) bond motifs is 1. The minimum Gasteiger partial charge on any atom is -0.325 e. The van der Waals surface area contributed by atoms with Gasteiger partial charge in [0, 0.05) is 11.8 Å². The maximum Gasteiger partial charge on any atom is 0.416 e. The zero-order valence-electron chi connectivity index (χ0n) is 16.3. The number of nitrogens with zero attached hydrogens (tertiary/aromatic N) is 3. The first-order valence-electron chi connectivity index (χ1n) is 9.15. The summed E-state index contributed by atoms with van der Waals surface area (Å²) < 4.78 is 66.8. The van der Waals surface area contributed by atoms with Crippen LogP contribution in [-0.4, -0.2) is 31.4 Å². The first kappa shape index (κ1) is 22.5. The van der Waals surface area contributed by atoms with Crippen LogP contribution in [0.3, 0.4) is 0 Å². The van der Waals surface area contributed by atoms with Crippen molar-refractivity contribution in [2.75, 3.05) is 11.1 Å². The van der Waals surface area contributed by atoms with Crippen LogP contribution in [0.5, 0.6) is 0 Å². The number of carbonyl (C=O) groups is 1. The second-order valence-electron chi connectivity index (χ2n) is 6.68. The van der Waals surface area contributed by atoms with Gasteiger partial charge < -0.3 is 5.32 Å². The molecule has 2 aromatic heterocycles. The van der Waals surface area contributed by atoms with Crippen LogP contribution in [0.4, 0.5) is 27.6 Å². The molecular formula is C20H12F5N5O2S. The summed E-state index contributed by atoms with van der Waals surface area (Å²) in [5.41, 5.74) is -1.66. The van der Waals surface area contributed by atoms with Crippen LogP contribution in [0.15, 0.2) is 58.6 Å². The Balaban J connectivity index is 1.67. The van der Waals surface area contributed by atoms with Crippen LogP contribution in [0.2, 0.25) is 0 Å². The van der Waals surface area contributed by atoms with E-state index in [4.69, 9.17) is 0 Å². The number of anilines is 1. The van der Waals surface area contributed by atoms with Gasteiger partial charge >= 0.3 is 6.18 Å². The lowest BCUT2D eigenvalue weighted by atomic mass is 10.2. The Hall–Kier alpha value is -3.74. The van der Waals surface area contributed by atoms with E-state index in [2.05, 4.69) is 20.5 Å². The molecule has 33 heavy (non-hydrogen) atoms. The molecule has 2 aromatic carbocycles. The number of rotatable bonds is 5. The molecule has 2 heterocycles.